The van der Waals surface area contributed by atoms with E-state index in [2.05, 4.69) is 0 Å². The Bertz CT molecular complexity index is 1090. The number of carbonyl (C=O) groups excluding carboxylic acids is 1. The number of benzene rings is 2. The predicted molar refractivity (Wildman–Crippen MR) is 122 cm³/mol. The Labute approximate surface area is 197 Å². The molecule has 0 saturated carbocycles. The van der Waals surface area contributed by atoms with Crippen LogP contribution in [0.15, 0.2) is 42.5 Å². The third-order valence-corrected chi connectivity index (χ3v) is 7.04. The second-order valence-electron chi connectivity index (χ2n) is 9.30. The predicted octanol–water partition coefficient (Wildman–Crippen LogP) is 4.89. The summed E-state index contributed by atoms with van der Waals surface area (Å²) in [6, 6.07) is 13.0. The van der Waals surface area contributed by atoms with Crippen molar-refractivity contribution in [2.75, 3.05) is 44.3 Å². The van der Waals surface area contributed by atoms with Gasteiger partial charge in [-0.05, 0) is 56.5 Å². The molecule has 180 valence electrons. The van der Waals surface area contributed by atoms with Crippen LogP contribution in [0.25, 0.3) is 0 Å². The van der Waals surface area contributed by atoms with Crippen LogP contribution >= 0.6 is 0 Å². The number of ether oxygens (including phenoxy) is 1. The van der Waals surface area contributed by atoms with Crippen LogP contribution in [0.5, 0.6) is 0 Å². The number of aryl methyl sites for hydroxylation is 1. The number of nitriles is 1. The molecule has 2 saturated heterocycles. The van der Waals surface area contributed by atoms with E-state index in [9.17, 15) is 18.0 Å². The van der Waals surface area contributed by atoms with Crippen molar-refractivity contribution >= 4 is 11.6 Å². The highest BCUT2D eigenvalue weighted by Gasteiger charge is 2.51. The summed E-state index contributed by atoms with van der Waals surface area (Å²) in [7, 11) is 0. The Morgan fingerprint density at radius 1 is 1.21 bits per heavy atom. The first-order chi connectivity index (χ1) is 16.2. The van der Waals surface area contributed by atoms with E-state index in [0.717, 1.165) is 18.1 Å². The zero-order valence-corrected chi connectivity index (χ0v) is 19.4. The summed E-state index contributed by atoms with van der Waals surface area (Å²) in [5.74, 6) is 0.150. The first-order valence-electron chi connectivity index (χ1n) is 11.5. The summed E-state index contributed by atoms with van der Waals surface area (Å²) in [6.45, 7) is 7.00. The van der Waals surface area contributed by atoms with Gasteiger partial charge in [-0.15, -0.1) is 0 Å². The molecule has 0 aromatic heterocycles. The van der Waals surface area contributed by atoms with E-state index in [0.29, 0.717) is 50.6 Å². The van der Waals surface area contributed by atoms with Crippen LogP contribution in [0.2, 0.25) is 0 Å². The molecule has 8 heteroatoms. The van der Waals surface area contributed by atoms with Gasteiger partial charge in [-0.3, -0.25) is 4.79 Å². The van der Waals surface area contributed by atoms with Crippen LogP contribution in [-0.4, -0.2) is 50.2 Å². The number of anilines is 1. The fraction of sp³-hybridized carbons (Fsp3) is 0.462. The number of piperidine rings is 1. The molecule has 0 aliphatic carbocycles. The van der Waals surface area contributed by atoms with E-state index < -0.39 is 11.7 Å². The molecule has 2 heterocycles. The third kappa shape index (κ3) is 4.62. The Kier molecular flexibility index (Phi) is 6.59. The second kappa shape index (κ2) is 9.30. The van der Waals surface area contributed by atoms with Gasteiger partial charge < -0.3 is 14.5 Å². The molecule has 0 N–H and O–H groups in total. The SMILES string of the molecule is CCOCC12CN(C(=O)c3ccc(C)cc3)CCC1CN(c1ccc(C#N)c(C(F)(F)F)c1)C2. The molecule has 0 spiro atoms. The molecule has 2 fully saturated rings. The van der Waals surface area contributed by atoms with E-state index >= 15 is 0 Å². The Balaban J connectivity index is 1.61. The molecule has 5 nitrogen and oxygen atoms in total. The summed E-state index contributed by atoms with van der Waals surface area (Å²) >= 11 is 0. The minimum atomic E-state index is -4.60. The number of fused-ring (bicyclic) bond motifs is 1. The molecule has 2 aromatic carbocycles. The van der Waals surface area contributed by atoms with Crippen LogP contribution in [0.4, 0.5) is 18.9 Å². The molecule has 2 unspecified atom stereocenters. The lowest BCUT2D eigenvalue weighted by atomic mass is 9.73. The van der Waals surface area contributed by atoms with E-state index in [1.165, 1.54) is 6.07 Å². The van der Waals surface area contributed by atoms with E-state index in [4.69, 9.17) is 10.00 Å². The molecule has 2 aliphatic rings. The second-order valence-corrected chi connectivity index (χ2v) is 9.30. The Hall–Kier alpha value is -3.05. The van der Waals surface area contributed by atoms with Crippen molar-refractivity contribution in [3.05, 3.63) is 64.7 Å². The zero-order chi connectivity index (χ0) is 24.5. The van der Waals surface area contributed by atoms with Gasteiger partial charge in [0.15, 0.2) is 0 Å². The number of nitrogens with zero attached hydrogens (tertiary/aromatic N) is 3. The van der Waals surface area contributed by atoms with Gasteiger partial charge in [-0.25, -0.2) is 0 Å². The average Bonchev–Trinajstić information content (AvgIpc) is 3.21. The van der Waals surface area contributed by atoms with E-state index in [1.807, 2.05) is 47.9 Å². The van der Waals surface area contributed by atoms with Crippen molar-refractivity contribution in [3.63, 3.8) is 0 Å². The van der Waals surface area contributed by atoms with Gasteiger partial charge in [-0.2, -0.15) is 18.4 Å². The number of carbonyl (C=O) groups is 1. The number of hydrogen-bond acceptors (Lipinski definition) is 4. The van der Waals surface area contributed by atoms with Crippen LogP contribution < -0.4 is 4.90 Å². The standard InChI is InChI=1S/C26H28F3N3O2/c1-3-34-17-25-15-31(24(33)19-6-4-18(2)5-7-19)11-10-21(25)14-32(16-25)22-9-8-20(13-30)23(12-22)26(27,28)29/h4-9,12,21H,3,10-11,14-17H2,1-2H3. The lowest BCUT2D eigenvalue weighted by Crippen LogP contribution is -2.53. The lowest BCUT2D eigenvalue weighted by Gasteiger charge is -2.44. The van der Waals surface area contributed by atoms with Gasteiger partial charge in [0.1, 0.15) is 0 Å². The molecule has 1 amide bonds. The normalized spacial score (nSPS) is 22.4. The van der Waals surface area contributed by atoms with Gasteiger partial charge in [0.25, 0.3) is 5.91 Å². The molecule has 4 rings (SSSR count). The summed E-state index contributed by atoms with van der Waals surface area (Å²) < 4.78 is 46.4. The summed E-state index contributed by atoms with van der Waals surface area (Å²) in [4.78, 5) is 17.0. The highest BCUT2D eigenvalue weighted by atomic mass is 19.4. The monoisotopic (exact) mass is 471 g/mol. The topological polar surface area (TPSA) is 56.6 Å². The number of hydrogen-bond donors (Lipinski definition) is 0. The molecular formula is C26H28F3N3O2. The van der Waals surface area contributed by atoms with Gasteiger partial charge in [0.2, 0.25) is 0 Å². The van der Waals surface area contributed by atoms with Gasteiger partial charge in [0.05, 0.1) is 23.8 Å². The van der Waals surface area contributed by atoms with Crippen LogP contribution in [0, 0.1) is 29.6 Å². The van der Waals surface area contributed by atoms with Crippen LogP contribution in [-0.2, 0) is 10.9 Å². The molecule has 2 atom stereocenters. The van der Waals surface area contributed by atoms with Gasteiger partial charge in [0, 0.05) is 49.5 Å². The smallest absolute Gasteiger partial charge is 0.381 e. The molecule has 34 heavy (non-hydrogen) atoms. The fourth-order valence-electron chi connectivity index (χ4n) is 5.21. The third-order valence-electron chi connectivity index (χ3n) is 7.04. The highest BCUT2D eigenvalue weighted by molar-refractivity contribution is 5.94. The number of amides is 1. The van der Waals surface area contributed by atoms with Gasteiger partial charge in [-0.1, -0.05) is 17.7 Å². The van der Waals surface area contributed by atoms with Crippen molar-refractivity contribution in [1.82, 2.24) is 4.90 Å². The van der Waals surface area contributed by atoms with Crippen molar-refractivity contribution in [2.24, 2.45) is 11.3 Å². The minimum Gasteiger partial charge on any atom is -0.381 e. The molecule has 2 aliphatic heterocycles. The maximum absolute atomic E-state index is 13.5. The first kappa shape index (κ1) is 24.1. The zero-order valence-electron chi connectivity index (χ0n) is 19.4. The summed E-state index contributed by atoms with van der Waals surface area (Å²) in [5.41, 5.74) is 0.473. The lowest BCUT2D eigenvalue weighted by molar-refractivity contribution is -0.137. The maximum atomic E-state index is 13.5. The van der Waals surface area contributed by atoms with Crippen molar-refractivity contribution < 1.29 is 22.7 Å². The number of alkyl halides is 3. The quantitative estimate of drug-likeness (QED) is 0.623. The van der Waals surface area contributed by atoms with E-state index in [1.54, 1.807) is 12.1 Å². The molecule has 2 aromatic rings. The number of halogens is 3. The largest absolute Gasteiger partial charge is 0.417 e. The minimum absolute atomic E-state index is 0.0366. The summed E-state index contributed by atoms with van der Waals surface area (Å²) in [5, 5.41) is 9.12. The van der Waals surface area contributed by atoms with Crippen LogP contribution in [0.3, 0.4) is 0 Å². The van der Waals surface area contributed by atoms with Crippen molar-refractivity contribution in [2.45, 2.75) is 26.4 Å². The fourth-order valence-corrected chi connectivity index (χ4v) is 5.21. The van der Waals surface area contributed by atoms with Crippen LogP contribution in [0.1, 0.15) is 40.4 Å². The molecular weight excluding hydrogens is 443 g/mol. The molecule has 0 bridgehead atoms. The van der Waals surface area contributed by atoms with Crippen molar-refractivity contribution in [3.8, 4) is 6.07 Å². The Morgan fingerprint density at radius 2 is 1.94 bits per heavy atom. The van der Waals surface area contributed by atoms with Crippen molar-refractivity contribution in [1.29, 1.82) is 5.26 Å². The van der Waals surface area contributed by atoms with Gasteiger partial charge >= 0.3 is 6.18 Å². The molecule has 0 radical (unpaired) electrons. The number of rotatable bonds is 5. The Morgan fingerprint density at radius 3 is 2.59 bits per heavy atom. The van der Waals surface area contributed by atoms with E-state index in [-0.39, 0.29) is 22.8 Å². The maximum Gasteiger partial charge on any atom is 0.417 e. The summed E-state index contributed by atoms with van der Waals surface area (Å²) in [6.07, 6.45) is -3.85. The highest BCUT2D eigenvalue weighted by Crippen LogP contribution is 2.45. The average molecular weight is 472 g/mol. The number of likely N-dealkylation sites (tertiary alicyclic amines) is 1. The first-order valence-corrected chi connectivity index (χ1v) is 11.5.